The Labute approximate surface area is 196 Å². The van der Waals surface area contributed by atoms with Crippen molar-refractivity contribution in [2.45, 2.75) is 31.2 Å². The molecule has 5 aromatic rings. The van der Waals surface area contributed by atoms with Gasteiger partial charge in [0.15, 0.2) is 11.6 Å². The number of hydrogen-bond donors (Lipinski definition) is 1. The molecule has 10 heteroatoms. The van der Waals surface area contributed by atoms with Gasteiger partial charge in [-0.25, -0.2) is 18.4 Å². The highest BCUT2D eigenvalue weighted by molar-refractivity contribution is 7.17. The van der Waals surface area contributed by atoms with Gasteiger partial charge in [0.05, 0.1) is 23.8 Å². The minimum Gasteiger partial charge on any atom is -0.486 e. The van der Waals surface area contributed by atoms with Crippen LogP contribution in [0.4, 0.5) is 8.78 Å². The molecule has 0 aliphatic heterocycles. The van der Waals surface area contributed by atoms with Gasteiger partial charge in [-0.15, -0.1) is 16.4 Å². The fraction of sp³-hybridized carbons (Fsp3) is 0.208. The quantitative estimate of drug-likeness (QED) is 0.369. The van der Waals surface area contributed by atoms with Gasteiger partial charge >= 0.3 is 0 Å². The Morgan fingerprint density at radius 3 is 2.79 bits per heavy atom. The molecule has 3 heterocycles. The van der Waals surface area contributed by atoms with E-state index in [1.54, 1.807) is 23.0 Å². The van der Waals surface area contributed by atoms with E-state index in [1.807, 2.05) is 30.3 Å². The van der Waals surface area contributed by atoms with Gasteiger partial charge in [-0.1, -0.05) is 35.5 Å². The molecule has 2 aromatic carbocycles. The van der Waals surface area contributed by atoms with Crippen LogP contribution in [0.25, 0.3) is 10.5 Å². The average molecular weight is 480 g/mol. The van der Waals surface area contributed by atoms with Crippen molar-refractivity contribution in [3.8, 4) is 11.4 Å². The Kier molecular flexibility index (Phi) is 5.11. The first-order valence-electron chi connectivity index (χ1n) is 10.7. The number of aromatic nitrogens is 5. The van der Waals surface area contributed by atoms with E-state index in [0.717, 1.165) is 15.3 Å². The van der Waals surface area contributed by atoms with Gasteiger partial charge in [0.2, 0.25) is 0 Å². The second-order valence-corrected chi connectivity index (χ2v) is 9.25. The third-order valence-electron chi connectivity index (χ3n) is 5.85. The van der Waals surface area contributed by atoms with Gasteiger partial charge in [0.25, 0.3) is 0 Å². The van der Waals surface area contributed by atoms with Gasteiger partial charge in [-0.3, -0.25) is 4.40 Å². The van der Waals surface area contributed by atoms with E-state index in [9.17, 15) is 13.9 Å². The SMILES string of the molecule is OC(c1cn(-c2ccc(OCc3ccccc3)c(F)c2)nn1)c1c([C@@H]2C[C@H]2F)sc2cncn12. The van der Waals surface area contributed by atoms with Crippen LogP contribution in [0, 0.1) is 5.82 Å². The van der Waals surface area contributed by atoms with Crippen LogP contribution in [-0.4, -0.2) is 35.7 Å². The Morgan fingerprint density at radius 1 is 1.21 bits per heavy atom. The summed E-state index contributed by atoms with van der Waals surface area (Å²) in [5.74, 6) is -0.625. The summed E-state index contributed by atoms with van der Waals surface area (Å²) in [4.78, 5) is 5.73. The summed E-state index contributed by atoms with van der Waals surface area (Å²) in [6, 6.07) is 14.0. The predicted molar refractivity (Wildman–Crippen MR) is 121 cm³/mol. The maximum atomic E-state index is 14.7. The number of nitrogens with zero attached hydrogens (tertiary/aromatic N) is 5. The normalized spacial score (nSPS) is 18.3. The monoisotopic (exact) mass is 479 g/mol. The van der Waals surface area contributed by atoms with Crippen molar-refractivity contribution < 1.29 is 18.6 Å². The number of benzene rings is 2. The topological polar surface area (TPSA) is 77.5 Å². The smallest absolute Gasteiger partial charge is 0.167 e. The van der Waals surface area contributed by atoms with Crippen LogP contribution >= 0.6 is 11.3 Å². The number of thiazole rings is 1. The molecular formula is C24H19F2N5O2S. The molecule has 1 saturated carbocycles. The van der Waals surface area contributed by atoms with Crippen molar-refractivity contribution in [1.82, 2.24) is 24.4 Å². The van der Waals surface area contributed by atoms with Crippen molar-refractivity contribution in [2.24, 2.45) is 0 Å². The fourth-order valence-electron chi connectivity index (χ4n) is 3.94. The zero-order valence-corrected chi connectivity index (χ0v) is 18.6. The van der Waals surface area contributed by atoms with Crippen LogP contribution in [0.3, 0.4) is 0 Å². The summed E-state index contributed by atoms with van der Waals surface area (Å²) in [6.45, 7) is 0.253. The van der Waals surface area contributed by atoms with E-state index in [4.69, 9.17) is 4.74 Å². The molecule has 1 unspecified atom stereocenters. The molecule has 1 fully saturated rings. The van der Waals surface area contributed by atoms with Crippen molar-refractivity contribution in [3.05, 3.63) is 94.9 Å². The minimum absolute atomic E-state index is 0.128. The molecule has 1 N–H and O–H groups in total. The Morgan fingerprint density at radius 2 is 2.03 bits per heavy atom. The molecule has 3 aromatic heterocycles. The number of fused-ring (bicyclic) bond motifs is 1. The number of aliphatic hydroxyl groups is 1. The Balaban J connectivity index is 1.24. The molecule has 0 radical (unpaired) electrons. The summed E-state index contributed by atoms with van der Waals surface area (Å²) in [5.41, 5.74) is 2.19. The standard InChI is InChI=1S/C24H19F2N5O2S/c25-17-9-16(17)24-22(30-13-27-10-21(30)34-24)23(32)19-11-31(29-28-19)15-6-7-20(18(26)8-15)33-12-14-4-2-1-3-5-14/h1-8,10-11,13,16-17,23,32H,9,12H2/t16-,17-,23?/m1/s1. The molecule has 1 aliphatic carbocycles. The lowest BCUT2D eigenvalue weighted by Crippen LogP contribution is -2.06. The second kappa shape index (κ2) is 8.30. The second-order valence-electron chi connectivity index (χ2n) is 8.19. The third-order valence-corrected chi connectivity index (χ3v) is 7.09. The van der Waals surface area contributed by atoms with E-state index in [-0.39, 0.29) is 24.0 Å². The van der Waals surface area contributed by atoms with E-state index < -0.39 is 18.1 Å². The highest BCUT2D eigenvalue weighted by Gasteiger charge is 2.43. The molecule has 1 aliphatic rings. The molecule has 3 atom stereocenters. The third kappa shape index (κ3) is 3.74. The zero-order chi connectivity index (χ0) is 23.2. The van der Waals surface area contributed by atoms with E-state index in [1.165, 1.54) is 34.3 Å². The van der Waals surface area contributed by atoms with Crippen LogP contribution < -0.4 is 4.74 Å². The van der Waals surface area contributed by atoms with Crippen molar-refractivity contribution in [1.29, 1.82) is 0 Å². The molecule has 0 spiro atoms. The lowest BCUT2D eigenvalue weighted by Gasteiger charge is -2.10. The number of alkyl halides is 1. The van der Waals surface area contributed by atoms with Gasteiger partial charge in [-0.05, 0) is 24.1 Å². The molecule has 172 valence electrons. The zero-order valence-electron chi connectivity index (χ0n) is 17.8. The number of ether oxygens (including phenoxy) is 1. The summed E-state index contributed by atoms with van der Waals surface area (Å²) in [6.07, 6.45) is 3.23. The van der Waals surface area contributed by atoms with Crippen LogP contribution in [-0.2, 0) is 6.61 Å². The van der Waals surface area contributed by atoms with Crippen molar-refractivity contribution in [2.75, 3.05) is 0 Å². The summed E-state index contributed by atoms with van der Waals surface area (Å²) in [5, 5.41) is 19.3. The van der Waals surface area contributed by atoms with Gasteiger partial charge in [0.1, 0.15) is 35.7 Å². The summed E-state index contributed by atoms with van der Waals surface area (Å²) >= 11 is 1.42. The van der Waals surface area contributed by atoms with Crippen LogP contribution in [0.5, 0.6) is 5.75 Å². The number of hydrogen-bond acceptors (Lipinski definition) is 6. The first-order valence-corrected chi connectivity index (χ1v) is 11.6. The van der Waals surface area contributed by atoms with Gasteiger partial charge in [0, 0.05) is 16.9 Å². The highest BCUT2D eigenvalue weighted by atomic mass is 32.1. The minimum atomic E-state index is -1.13. The number of imidazole rings is 1. The average Bonchev–Trinajstić information content (AvgIpc) is 3.23. The van der Waals surface area contributed by atoms with Crippen LogP contribution in [0.2, 0.25) is 0 Å². The molecule has 6 rings (SSSR count). The van der Waals surface area contributed by atoms with Crippen LogP contribution in [0.1, 0.15) is 40.3 Å². The predicted octanol–water partition coefficient (Wildman–Crippen LogP) is 4.60. The number of halogens is 2. The van der Waals surface area contributed by atoms with E-state index >= 15 is 0 Å². The fourth-order valence-corrected chi connectivity index (χ4v) is 5.24. The van der Waals surface area contributed by atoms with Crippen molar-refractivity contribution in [3.63, 3.8) is 0 Å². The Hall–Kier alpha value is -3.63. The number of aliphatic hydroxyl groups excluding tert-OH is 1. The summed E-state index contributed by atoms with van der Waals surface area (Å²) in [7, 11) is 0. The molecule has 0 saturated heterocycles. The molecular weight excluding hydrogens is 460 g/mol. The number of rotatable bonds is 7. The highest BCUT2D eigenvalue weighted by Crippen LogP contribution is 2.49. The largest absolute Gasteiger partial charge is 0.486 e. The molecule has 0 bridgehead atoms. The maximum absolute atomic E-state index is 14.7. The first-order chi connectivity index (χ1) is 16.6. The Bertz CT molecular complexity index is 1460. The lowest BCUT2D eigenvalue weighted by molar-refractivity contribution is 0.208. The van der Waals surface area contributed by atoms with Crippen molar-refractivity contribution >= 4 is 16.2 Å². The van der Waals surface area contributed by atoms with E-state index in [0.29, 0.717) is 17.8 Å². The first kappa shape index (κ1) is 20.9. The van der Waals surface area contributed by atoms with Crippen LogP contribution in [0.15, 0.2) is 67.3 Å². The molecule has 34 heavy (non-hydrogen) atoms. The molecule has 7 nitrogen and oxygen atoms in total. The van der Waals surface area contributed by atoms with E-state index in [2.05, 4.69) is 15.3 Å². The molecule has 0 amide bonds. The lowest BCUT2D eigenvalue weighted by atomic mass is 10.1. The summed E-state index contributed by atoms with van der Waals surface area (Å²) < 4.78 is 37.2. The van der Waals surface area contributed by atoms with Gasteiger partial charge in [-0.2, -0.15) is 0 Å². The maximum Gasteiger partial charge on any atom is 0.167 e. The van der Waals surface area contributed by atoms with Gasteiger partial charge < -0.3 is 9.84 Å².